The molecular formula is C24H22N4O3S. The molecule has 3 aromatic carbocycles. The average molecular weight is 447 g/mol. The third-order valence-corrected chi connectivity index (χ3v) is 5.78. The zero-order valence-corrected chi connectivity index (χ0v) is 18.4. The molecule has 0 spiro atoms. The summed E-state index contributed by atoms with van der Waals surface area (Å²) in [5.74, 6) is 0.170. The smallest absolute Gasteiger partial charge is 0.255 e. The Hall–Kier alpha value is -3.78. The second-order valence-electron chi connectivity index (χ2n) is 7.04. The van der Waals surface area contributed by atoms with E-state index in [9.17, 15) is 9.59 Å². The molecule has 7 nitrogen and oxygen atoms in total. The fraction of sp³-hybridized carbons (Fsp3) is 0.125. The van der Waals surface area contributed by atoms with Gasteiger partial charge in [-0.1, -0.05) is 36.0 Å². The lowest BCUT2D eigenvalue weighted by Crippen LogP contribution is -2.22. The van der Waals surface area contributed by atoms with Gasteiger partial charge < -0.3 is 20.4 Å². The van der Waals surface area contributed by atoms with Crippen molar-refractivity contribution in [1.82, 2.24) is 9.97 Å². The second kappa shape index (κ2) is 9.57. The summed E-state index contributed by atoms with van der Waals surface area (Å²) in [4.78, 5) is 32.8. The van der Waals surface area contributed by atoms with Crippen LogP contribution in [0.25, 0.3) is 11.0 Å². The summed E-state index contributed by atoms with van der Waals surface area (Å²) < 4.78 is 5.26. The number of ether oxygens (including phenoxy) is 1. The molecule has 3 N–H and O–H groups in total. The molecule has 1 heterocycles. The third-order valence-electron chi connectivity index (χ3n) is 4.80. The van der Waals surface area contributed by atoms with Gasteiger partial charge in [0.2, 0.25) is 5.91 Å². The molecule has 8 heteroatoms. The zero-order chi connectivity index (χ0) is 22.5. The number of fused-ring (bicyclic) bond motifs is 1. The van der Waals surface area contributed by atoms with Crippen LogP contribution in [0, 0.1) is 0 Å². The van der Waals surface area contributed by atoms with Crippen molar-refractivity contribution in [2.75, 3.05) is 17.7 Å². The monoisotopic (exact) mass is 446 g/mol. The molecule has 0 bridgehead atoms. The maximum Gasteiger partial charge on any atom is 0.255 e. The lowest BCUT2D eigenvalue weighted by molar-refractivity contribution is -0.115. The third kappa shape index (κ3) is 4.92. The molecule has 2 amide bonds. The number of amides is 2. The lowest BCUT2D eigenvalue weighted by Gasteiger charge is -2.12. The highest BCUT2D eigenvalue weighted by atomic mass is 32.2. The van der Waals surface area contributed by atoms with E-state index in [1.165, 1.54) is 11.8 Å². The Morgan fingerprint density at radius 1 is 0.969 bits per heavy atom. The molecule has 32 heavy (non-hydrogen) atoms. The van der Waals surface area contributed by atoms with Crippen molar-refractivity contribution in [2.45, 2.75) is 17.3 Å². The van der Waals surface area contributed by atoms with Crippen LogP contribution in [0.1, 0.15) is 17.3 Å². The number of aromatic nitrogens is 2. The highest BCUT2D eigenvalue weighted by molar-refractivity contribution is 8.00. The molecule has 4 rings (SSSR count). The Labute approximate surface area is 189 Å². The number of para-hydroxylation sites is 4. The quantitative estimate of drug-likeness (QED) is 0.349. The fourth-order valence-electron chi connectivity index (χ4n) is 3.10. The number of thioether (sulfide) groups is 1. The van der Waals surface area contributed by atoms with Crippen LogP contribution in [0.3, 0.4) is 0 Å². The van der Waals surface area contributed by atoms with Crippen molar-refractivity contribution < 1.29 is 14.3 Å². The molecule has 0 aliphatic heterocycles. The summed E-state index contributed by atoms with van der Waals surface area (Å²) in [5.41, 5.74) is 3.47. The number of H-pyrrole nitrogens is 1. The Kier molecular flexibility index (Phi) is 6.42. The van der Waals surface area contributed by atoms with E-state index in [0.29, 0.717) is 27.8 Å². The summed E-state index contributed by atoms with van der Waals surface area (Å²) in [5, 5.41) is 6.04. The summed E-state index contributed by atoms with van der Waals surface area (Å²) in [7, 11) is 1.55. The van der Waals surface area contributed by atoms with Crippen molar-refractivity contribution >= 4 is 46.0 Å². The SMILES string of the molecule is COc1ccccc1NC(=O)c1ccc(NC(=O)C(C)Sc2nc3ccccc3[nH]2)cc1. The van der Waals surface area contributed by atoms with Crippen LogP contribution in [-0.2, 0) is 4.79 Å². The van der Waals surface area contributed by atoms with Gasteiger partial charge in [-0.3, -0.25) is 9.59 Å². The average Bonchev–Trinajstić information content (AvgIpc) is 3.22. The lowest BCUT2D eigenvalue weighted by atomic mass is 10.2. The number of rotatable bonds is 7. The molecule has 1 unspecified atom stereocenters. The van der Waals surface area contributed by atoms with Gasteiger partial charge in [0.1, 0.15) is 5.75 Å². The van der Waals surface area contributed by atoms with E-state index in [1.54, 1.807) is 43.5 Å². The number of hydrogen-bond donors (Lipinski definition) is 3. The van der Waals surface area contributed by atoms with Crippen molar-refractivity contribution in [3.63, 3.8) is 0 Å². The summed E-state index contributed by atoms with van der Waals surface area (Å²) in [6, 6.07) is 21.7. The molecular weight excluding hydrogens is 424 g/mol. The maximum atomic E-state index is 12.6. The number of aromatic amines is 1. The van der Waals surface area contributed by atoms with Crippen molar-refractivity contribution in [3.05, 3.63) is 78.4 Å². The van der Waals surface area contributed by atoms with Gasteiger partial charge in [-0.25, -0.2) is 4.98 Å². The Balaban J connectivity index is 1.36. The minimum atomic E-state index is -0.357. The normalized spacial score (nSPS) is 11.7. The van der Waals surface area contributed by atoms with Crippen LogP contribution in [-0.4, -0.2) is 34.1 Å². The molecule has 4 aromatic rings. The molecule has 162 valence electrons. The van der Waals surface area contributed by atoms with Crippen LogP contribution in [0.15, 0.2) is 78.0 Å². The number of nitrogens with zero attached hydrogens (tertiary/aromatic N) is 1. The fourth-order valence-corrected chi connectivity index (χ4v) is 3.92. The van der Waals surface area contributed by atoms with Crippen molar-refractivity contribution in [1.29, 1.82) is 0 Å². The second-order valence-corrected chi connectivity index (χ2v) is 8.37. The number of benzene rings is 3. The number of nitrogens with one attached hydrogen (secondary N) is 3. The topological polar surface area (TPSA) is 96.1 Å². The van der Waals surface area contributed by atoms with E-state index in [1.807, 2.05) is 43.3 Å². The first-order valence-electron chi connectivity index (χ1n) is 10.00. The van der Waals surface area contributed by atoms with E-state index in [0.717, 1.165) is 11.0 Å². The first-order chi connectivity index (χ1) is 15.5. The number of anilines is 2. The number of methoxy groups -OCH3 is 1. The van der Waals surface area contributed by atoms with E-state index in [2.05, 4.69) is 20.6 Å². The molecule has 0 aliphatic carbocycles. The predicted molar refractivity (Wildman–Crippen MR) is 127 cm³/mol. The highest BCUT2D eigenvalue weighted by Gasteiger charge is 2.17. The van der Waals surface area contributed by atoms with Gasteiger partial charge >= 0.3 is 0 Å². The first-order valence-corrected chi connectivity index (χ1v) is 10.9. The van der Waals surface area contributed by atoms with Gasteiger partial charge in [-0.05, 0) is 55.5 Å². The Bertz CT molecular complexity index is 1220. The van der Waals surface area contributed by atoms with Crippen LogP contribution in [0.5, 0.6) is 5.75 Å². The highest BCUT2D eigenvalue weighted by Crippen LogP contribution is 2.25. The van der Waals surface area contributed by atoms with Gasteiger partial charge in [0.05, 0.1) is 29.1 Å². The summed E-state index contributed by atoms with van der Waals surface area (Å²) >= 11 is 1.35. The predicted octanol–water partition coefficient (Wildman–Crippen LogP) is 4.94. The summed E-state index contributed by atoms with van der Waals surface area (Å²) in [6.45, 7) is 1.82. The molecule has 1 aromatic heterocycles. The van der Waals surface area contributed by atoms with Crippen molar-refractivity contribution in [2.24, 2.45) is 0 Å². The molecule has 0 aliphatic rings. The van der Waals surface area contributed by atoms with Crippen molar-refractivity contribution in [3.8, 4) is 5.75 Å². The summed E-state index contributed by atoms with van der Waals surface area (Å²) in [6.07, 6.45) is 0. The van der Waals surface area contributed by atoms with Gasteiger partial charge in [-0.15, -0.1) is 0 Å². The molecule has 0 fully saturated rings. The number of imidazole rings is 1. The van der Waals surface area contributed by atoms with Crippen LogP contribution in [0.2, 0.25) is 0 Å². The van der Waals surface area contributed by atoms with E-state index in [-0.39, 0.29) is 17.1 Å². The maximum absolute atomic E-state index is 12.6. The number of hydrogen-bond acceptors (Lipinski definition) is 5. The molecule has 1 atom stereocenters. The standard InChI is InChI=1S/C24H22N4O3S/c1-15(32-24-27-18-7-3-4-8-19(18)28-24)22(29)25-17-13-11-16(12-14-17)23(30)26-20-9-5-6-10-21(20)31-2/h3-15H,1-2H3,(H,25,29)(H,26,30)(H,27,28). The van der Waals surface area contributed by atoms with Gasteiger partial charge in [0.15, 0.2) is 5.16 Å². The molecule has 0 saturated carbocycles. The molecule has 0 saturated heterocycles. The first kappa shape index (κ1) is 21.5. The van der Waals surface area contributed by atoms with Gasteiger partial charge in [-0.2, -0.15) is 0 Å². The number of carbonyl (C=O) groups excluding carboxylic acids is 2. The van der Waals surface area contributed by atoms with Crippen LogP contribution >= 0.6 is 11.8 Å². The van der Waals surface area contributed by atoms with E-state index in [4.69, 9.17) is 4.74 Å². The van der Waals surface area contributed by atoms with E-state index < -0.39 is 0 Å². The number of carbonyl (C=O) groups is 2. The Morgan fingerprint density at radius 2 is 1.69 bits per heavy atom. The van der Waals surface area contributed by atoms with Crippen LogP contribution < -0.4 is 15.4 Å². The minimum Gasteiger partial charge on any atom is -0.495 e. The van der Waals surface area contributed by atoms with Crippen LogP contribution in [0.4, 0.5) is 11.4 Å². The molecule has 0 radical (unpaired) electrons. The van der Waals surface area contributed by atoms with Gasteiger partial charge in [0.25, 0.3) is 5.91 Å². The Morgan fingerprint density at radius 3 is 2.44 bits per heavy atom. The van der Waals surface area contributed by atoms with E-state index >= 15 is 0 Å². The van der Waals surface area contributed by atoms with Gasteiger partial charge in [0, 0.05) is 11.3 Å². The largest absolute Gasteiger partial charge is 0.495 e. The minimum absolute atomic E-state index is 0.151. The zero-order valence-electron chi connectivity index (χ0n) is 17.6.